The highest BCUT2D eigenvalue weighted by molar-refractivity contribution is 5.77. The molecule has 14 heavy (non-hydrogen) atoms. The Morgan fingerprint density at radius 3 is 3.07 bits per heavy atom. The number of hydrogen-bond acceptors (Lipinski definition) is 3. The van der Waals surface area contributed by atoms with Crippen LogP contribution in [0.25, 0.3) is 0 Å². The number of hydrazine groups is 1. The molecule has 1 aliphatic heterocycles. The Morgan fingerprint density at radius 1 is 1.57 bits per heavy atom. The van der Waals surface area contributed by atoms with Crippen molar-refractivity contribution < 1.29 is 4.79 Å². The van der Waals surface area contributed by atoms with Crippen LogP contribution in [0.4, 0.5) is 10.6 Å². The molecular formula is C9H12N4O. The number of urea groups is 1. The van der Waals surface area contributed by atoms with E-state index in [4.69, 9.17) is 0 Å². The van der Waals surface area contributed by atoms with Crippen molar-refractivity contribution in [3.63, 3.8) is 0 Å². The highest BCUT2D eigenvalue weighted by Gasteiger charge is 2.21. The third-order valence-electron chi connectivity index (χ3n) is 2.00. The first kappa shape index (κ1) is 8.80. The number of nitrogens with one attached hydrogen (secondary N) is 2. The van der Waals surface area contributed by atoms with Crippen LogP contribution in [0, 0.1) is 0 Å². The minimum Gasteiger partial charge on any atom is -0.332 e. The highest BCUT2D eigenvalue weighted by Crippen LogP contribution is 2.08. The van der Waals surface area contributed by atoms with E-state index in [0.717, 1.165) is 5.82 Å². The first-order valence-electron chi connectivity index (χ1n) is 4.51. The van der Waals surface area contributed by atoms with Crippen molar-refractivity contribution in [1.29, 1.82) is 0 Å². The fraction of sp³-hybridized carbons (Fsp3) is 0.333. The molecule has 0 saturated carbocycles. The third kappa shape index (κ3) is 1.76. The number of hydrogen-bond donors (Lipinski definition) is 2. The average molecular weight is 192 g/mol. The van der Waals surface area contributed by atoms with Crippen molar-refractivity contribution >= 4 is 11.8 Å². The molecule has 1 aromatic heterocycles. The molecule has 0 bridgehead atoms. The molecule has 2 heterocycles. The lowest BCUT2D eigenvalue weighted by atomic mass is 10.3. The van der Waals surface area contributed by atoms with Crippen molar-refractivity contribution in [3.05, 3.63) is 24.4 Å². The van der Waals surface area contributed by atoms with Gasteiger partial charge < -0.3 is 5.32 Å². The largest absolute Gasteiger partial charge is 0.333 e. The van der Waals surface area contributed by atoms with E-state index >= 15 is 0 Å². The number of rotatable bonds is 1. The van der Waals surface area contributed by atoms with Gasteiger partial charge in [0.25, 0.3) is 0 Å². The Kier molecular flexibility index (Phi) is 2.22. The lowest BCUT2D eigenvalue weighted by Crippen LogP contribution is -2.60. The van der Waals surface area contributed by atoms with Crippen LogP contribution >= 0.6 is 0 Å². The SMILES string of the molecule is CC1CN(c2ccccn2)NC(=O)N1. The number of pyridine rings is 1. The number of aromatic nitrogens is 1. The molecule has 5 nitrogen and oxygen atoms in total. The second-order valence-corrected chi connectivity index (χ2v) is 3.28. The molecule has 1 saturated heterocycles. The summed E-state index contributed by atoms with van der Waals surface area (Å²) < 4.78 is 0. The van der Waals surface area contributed by atoms with Crippen LogP contribution < -0.4 is 15.8 Å². The van der Waals surface area contributed by atoms with E-state index in [2.05, 4.69) is 15.7 Å². The molecule has 1 aromatic rings. The summed E-state index contributed by atoms with van der Waals surface area (Å²) in [4.78, 5) is 15.3. The molecule has 74 valence electrons. The summed E-state index contributed by atoms with van der Waals surface area (Å²) in [5.41, 5.74) is 2.68. The molecule has 1 unspecified atom stereocenters. The summed E-state index contributed by atoms with van der Waals surface area (Å²) in [6.07, 6.45) is 1.70. The Hall–Kier alpha value is -1.78. The molecule has 1 aliphatic rings. The van der Waals surface area contributed by atoms with E-state index < -0.39 is 0 Å². The number of carbonyl (C=O) groups is 1. The van der Waals surface area contributed by atoms with E-state index in [0.29, 0.717) is 6.54 Å². The molecule has 0 spiro atoms. The number of carbonyl (C=O) groups excluding carboxylic acids is 1. The number of anilines is 1. The van der Waals surface area contributed by atoms with Gasteiger partial charge in [-0.15, -0.1) is 0 Å². The van der Waals surface area contributed by atoms with Crippen LogP contribution in [0.1, 0.15) is 6.92 Å². The zero-order valence-electron chi connectivity index (χ0n) is 7.90. The van der Waals surface area contributed by atoms with Crippen LogP contribution in [0.3, 0.4) is 0 Å². The van der Waals surface area contributed by atoms with Gasteiger partial charge in [0.05, 0.1) is 6.54 Å². The van der Waals surface area contributed by atoms with E-state index in [1.807, 2.05) is 25.1 Å². The Balaban J connectivity index is 2.15. The van der Waals surface area contributed by atoms with Gasteiger partial charge in [0.2, 0.25) is 0 Å². The van der Waals surface area contributed by atoms with Crippen molar-refractivity contribution in [3.8, 4) is 0 Å². The van der Waals surface area contributed by atoms with E-state index in [-0.39, 0.29) is 12.1 Å². The molecule has 1 atom stereocenters. The molecule has 1 fully saturated rings. The van der Waals surface area contributed by atoms with Gasteiger partial charge in [0, 0.05) is 12.2 Å². The fourth-order valence-corrected chi connectivity index (χ4v) is 1.41. The summed E-state index contributed by atoms with van der Waals surface area (Å²) in [5, 5.41) is 4.50. The Bertz CT molecular complexity index is 327. The maximum atomic E-state index is 11.2. The van der Waals surface area contributed by atoms with Crippen LogP contribution in [-0.4, -0.2) is 23.6 Å². The molecule has 0 aliphatic carbocycles. The quantitative estimate of drug-likeness (QED) is 0.681. The van der Waals surface area contributed by atoms with Gasteiger partial charge in [-0.05, 0) is 19.1 Å². The van der Waals surface area contributed by atoms with Gasteiger partial charge >= 0.3 is 6.03 Å². The summed E-state index contributed by atoms with van der Waals surface area (Å²) in [6, 6.07) is 5.54. The topological polar surface area (TPSA) is 57.3 Å². The van der Waals surface area contributed by atoms with Gasteiger partial charge in [-0.25, -0.2) is 15.2 Å². The lowest BCUT2D eigenvalue weighted by Gasteiger charge is -2.32. The third-order valence-corrected chi connectivity index (χ3v) is 2.00. The summed E-state index contributed by atoms with van der Waals surface area (Å²) in [7, 11) is 0. The predicted molar refractivity (Wildman–Crippen MR) is 52.7 cm³/mol. The molecular weight excluding hydrogens is 180 g/mol. The van der Waals surface area contributed by atoms with Crippen molar-refractivity contribution in [2.24, 2.45) is 0 Å². The van der Waals surface area contributed by atoms with Crippen molar-refractivity contribution in [1.82, 2.24) is 15.7 Å². The van der Waals surface area contributed by atoms with Crippen LogP contribution in [0.15, 0.2) is 24.4 Å². The first-order valence-corrected chi connectivity index (χ1v) is 4.51. The molecule has 2 rings (SSSR count). The van der Waals surface area contributed by atoms with Crippen LogP contribution in [0.5, 0.6) is 0 Å². The normalized spacial score (nSPS) is 21.4. The Labute approximate surface area is 82.1 Å². The second kappa shape index (κ2) is 3.53. The average Bonchev–Trinajstić information content (AvgIpc) is 2.18. The summed E-state index contributed by atoms with van der Waals surface area (Å²) in [6.45, 7) is 2.66. The molecule has 0 radical (unpaired) electrons. The molecule has 2 amide bonds. The summed E-state index contributed by atoms with van der Waals surface area (Å²) >= 11 is 0. The van der Waals surface area contributed by atoms with Crippen molar-refractivity contribution in [2.45, 2.75) is 13.0 Å². The van der Waals surface area contributed by atoms with Gasteiger partial charge in [0.1, 0.15) is 5.82 Å². The minimum atomic E-state index is -0.186. The maximum absolute atomic E-state index is 11.2. The van der Waals surface area contributed by atoms with Crippen LogP contribution in [0.2, 0.25) is 0 Å². The number of amides is 2. The monoisotopic (exact) mass is 192 g/mol. The smallest absolute Gasteiger partial charge is 0.332 e. The standard InChI is InChI=1S/C9H12N4O/c1-7-6-13(12-9(14)11-7)8-4-2-3-5-10-8/h2-5,7H,6H2,1H3,(H2,11,12,14). The van der Waals surface area contributed by atoms with Gasteiger partial charge in [-0.2, -0.15) is 0 Å². The van der Waals surface area contributed by atoms with E-state index in [1.165, 1.54) is 0 Å². The molecule has 5 heteroatoms. The lowest BCUT2D eigenvalue weighted by molar-refractivity contribution is 0.230. The number of nitrogens with zero attached hydrogens (tertiary/aromatic N) is 2. The van der Waals surface area contributed by atoms with E-state index in [9.17, 15) is 4.79 Å². The second-order valence-electron chi connectivity index (χ2n) is 3.28. The molecule has 2 N–H and O–H groups in total. The fourth-order valence-electron chi connectivity index (χ4n) is 1.41. The van der Waals surface area contributed by atoms with Gasteiger partial charge in [-0.3, -0.25) is 5.01 Å². The minimum absolute atomic E-state index is 0.130. The Morgan fingerprint density at radius 2 is 2.43 bits per heavy atom. The molecule has 0 aromatic carbocycles. The maximum Gasteiger partial charge on any atom is 0.333 e. The van der Waals surface area contributed by atoms with Crippen LogP contribution in [-0.2, 0) is 0 Å². The van der Waals surface area contributed by atoms with Gasteiger partial charge in [0.15, 0.2) is 0 Å². The van der Waals surface area contributed by atoms with Crippen molar-refractivity contribution in [2.75, 3.05) is 11.6 Å². The van der Waals surface area contributed by atoms with E-state index in [1.54, 1.807) is 11.2 Å². The zero-order valence-corrected chi connectivity index (χ0v) is 7.90. The predicted octanol–water partition coefficient (Wildman–Crippen LogP) is 0.504. The highest BCUT2D eigenvalue weighted by atomic mass is 16.2. The summed E-state index contributed by atoms with van der Waals surface area (Å²) in [5.74, 6) is 0.759. The van der Waals surface area contributed by atoms with Gasteiger partial charge in [-0.1, -0.05) is 6.07 Å². The zero-order chi connectivity index (χ0) is 9.97. The first-order chi connectivity index (χ1) is 6.75.